The number of imidazole rings is 1. The molecule has 2 aromatic carbocycles. The van der Waals surface area contributed by atoms with Gasteiger partial charge < -0.3 is 19.4 Å². The number of para-hydroxylation sites is 2. The average molecular weight is 440 g/mol. The highest BCUT2D eigenvalue weighted by molar-refractivity contribution is 5.75. The first-order valence-corrected chi connectivity index (χ1v) is 11.1. The van der Waals surface area contributed by atoms with Gasteiger partial charge in [-0.05, 0) is 63.4 Å². The molecule has 1 fully saturated rings. The van der Waals surface area contributed by atoms with Crippen LogP contribution < -0.4 is 4.74 Å². The first-order chi connectivity index (χ1) is 15.3. The van der Waals surface area contributed by atoms with E-state index in [1.165, 1.54) is 12.1 Å². The highest BCUT2D eigenvalue weighted by Crippen LogP contribution is 2.27. The van der Waals surface area contributed by atoms with Gasteiger partial charge in [-0.2, -0.15) is 4.98 Å². The van der Waals surface area contributed by atoms with Crippen molar-refractivity contribution in [3.05, 3.63) is 59.9 Å². The van der Waals surface area contributed by atoms with E-state index in [2.05, 4.69) is 9.97 Å². The number of hydrogen-bond acceptors (Lipinski definition) is 4. The number of benzene rings is 2. The van der Waals surface area contributed by atoms with Crippen LogP contribution in [-0.4, -0.2) is 45.8 Å². The van der Waals surface area contributed by atoms with Crippen LogP contribution in [0.3, 0.4) is 0 Å². The summed E-state index contributed by atoms with van der Waals surface area (Å²) in [4.78, 5) is 22.2. The number of fused-ring (bicyclic) bond motifs is 1. The number of carbonyl (C=O) groups excluding carboxylic acids is 1. The van der Waals surface area contributed by atoms with Gasteiger partial charge in [0.25, 0.3) is 6.01 Å². The monoisotopic (exact) mass is 439 g/mol. The Morgan fingerprint density at radius 3 is 2.81 bits per heavy atom. The third kappa shape index (κ3) is 5.58. The molecule has 2 atom stereocenters. The molecular weight excluding hydrogens is 409 g/mol. The minimum Gasteiger partial charge on any atom is -0.461 e. The van der Waals surface area contributed by atoms with Gasteiger partial charge in [0.05, 0.1) is 11.0 Å². The lowest BCUT2D eigenvalue weighted by atomic mass is 9.89. The molecule has 1 aliphatic heterocycles. The minimum absolute atomic E-state index is 0.0627. The Bertz CT molecular complexity index is 1040. The lowest BCUT2D eigenvalue weighted by molar-refractivity contribution is 0.00544. The molecule has 1 aliphatic rings. The second kappa shape index (κ2) is 9.18. The molecule has 1 saturated heterocycles. The zero-order valence-corrected chi connectivity index (χ0v) is 18.8. The van der Waals surface area contributed by atoms with Gasteiger partial charge in [-0.3, -0.25) is 0 Å². The largest absolute Gasteiger partial charge is 0.461 e. The van der Waals surface area contributed by atoms with Crippen LogP contribution in [0.1, 0.15) is 39.2 Å². The highest BCUT2D eigenvalue weighted by atomic mass is 19.1. The van der Waals surface area contributed by atoms with Gasteiger partial charge in [0.1, 0.15) is 17.5 Å². The number of carbonyl (C=O) groups is 1. The summed E-state index contributed by atoms with van der Waals surface area (Å²) >= 11 is 0. The van der Waals surface area contributed by atoms with E-state index < -0.39 is 5.60 Å². The van der Waals surface area contributed by atoms with Crippen molar-refractivity contribution in [2.75, 3.05) is 13.1 Å². The van der Waals surface area contributed by atoms with Crippen LogP contribution in [0.5, 0.6) is 6.01 Å². The molecule has 2 unspecified atom stereocenters. The van der Waals surface area contributed by atoms with Crippen LogP contribution in [0.2, 0.25) is 0 Å². The Kier molecular flexibility index (Phi) is 6.35. The molecular formula is C25H30FN3O3. The van der Waals surface area contributed by atoms with E-state index in [0.717, 1.165) is 29.4 Å². The molecule has 2 heterocycles. The lowest BCUT2D eigenvalue weighted by Crippen LogP contribution is -2.47. The normalized spacial score (nSPS) is 17.9. The van der Waals surface area contributed by atoms with Crippen molar-refractivity contribution in [2.24, 2.45) is 5.92 Å². The molecule has 3 aromatic rings. The Morgan fingerprint density at radius 2 is 2.06 bits per heavy atom. The van der Waals surface area contributed by atoms with Crippen molar-refractivity contribution in [2.45, 2.75) is 51.7 Å². The van der Waals surface area contributed by atoms with Crippen LogP contribution in [0.15, 0.2) is 48.5 Å². The molecule has 32 heavy (non-hydrogen) atoms. The first-order valence-electron chi connectivity index (χ1n) is 11.1. The Balaban J connectivity index is 1.55. The van der Waals surface area contributed by atoms with Crippen LogP contribution in [0.4, 0.5) is 9.18 Å². The van der Waals surface area contributed by atoms with Crippen LogP contribution >= 0.6 is 0 Å². The number of nitrogens with zero attached hydrogens (tertiary/aromatic N) is 2. The van der Waals surface area contributed by atoms with Crippen LogP contribution in [0, 0.1) is 11.7 Å². The van der Waals surface area contributed by atoms with E-state index in [-0.39, 0.29) is 23.9 Å². The maximum absolute atomic E-state index is 13.8. The molecule has 0 saturated carbocycles. The van der Waals surface area contributed by atoms with Gasteiger partial charge in [0.15, 0.2) is 0 Å². The van der Waals surface area contributed by atoms with Gasteiger partial charge in [0, 0.05) is 25.4 Å². The summed E-state index contributed by atoms with van der Waals surface area (Å²) in [7, 11) is 0. The molecule has 1 N–H and O–H groups in total. The van der Waals surface area contributed by atoms with E-state index >= 15 is 0 Å². The summed E-state index contributed by atoms with van der Waals surface area (Å²) < 4.78 is 25.7. The number of halogens is 1. The fraction of sp³-hybridized carbons (Fsp3) is 0.440. The first kappa shape index (κ1) is 22.1. The molecule has 6 nitrogen and oxygen atoms in total. The minimum atomic E-state index is -0.546. The number of rotatable bonds is 5. The summed E-state index contributed by atoms with van der Waals surface area (Å²) in [5.74, 6) is -0.211. The molecule has 4 rings (SSSR count). The maximum Gasteiger partial charge on any atom is 0.410 e. The van der Waals surface area contributed by atoms with Crippen molar-refractivity contribution in [3.63, 3.8) is 0 Å². The van der Waals surface area contributed by atoms with E-state index in [1.807, 2.05) is 51.1 Å². The van der Waals surface area contributed by atoms with Crippen molar-refractivity contribution >= 4 is 17.1 Å². The molecule has 1 aromatic heterocycles. The van der Waals surface area contributed by atoms with E-state index in [1.54, 1.807) is 11.0 Å². The van der Waals surface area contributed by atoms with Gasteiger partial charge in [-0.25, -0.2) is 9.18 Å². The number of amides is 1. The Labute approximate surface area is 187 Å². The van der Waals surface area contributed by atoms with E-state index in [4.69, 9.17) is 9.47 Å². The zero-order chi connectivity index (χ0) is 22.7. The quantitative estimate of drug-likeness (QED) is 0.583. The van der Waals surface area contributed by atoms with Crippen molar-refractivity contribution < 1.29 is 18.7 Å². The number of likely N-dealkylation sites (tertiary alicyclic amines) is 1. The molecule has 1 amide bonds. The van der Waals surface area contributed by atoms with Gasteiger partial charge in [-0.1, -0.05) is 24.3 Å². The zero-order valence-electron chi connectivity index (χ0n) is 18.8. The predicted molar refractivity (Wildman–Crippen MR) is 121 cm³/mol. The lowest BCUT2D eigenvalue weighted by Gasteiger charge is -2.37. The summed E-state index contributed by atoms with van der Waals surface area (Å²) in [5, 5.41) is 0. The topological polar surface area (TPSA) is 67.4 Å². The fourth-order valence-corrected chi connectivity index (χ4v) is 4.14. The average Bonchev–Trinajstić information content (AvgIpc) is 3.15. The molecule has 0 radical (unpaired) electrons. The number of H-pyrrole nitrogens is 1. The molecule has 170 valence electrons. The van der Waals surface area contributed by atoms with Crippen molar-refractivity contribution in [3.8, 4) is 6.01 Å². The van der Waals surface area contributed by atoms with Gasteiger partial charge in [0.2, 0.25) is 0 Å². The highest BCUT2D eigenvalue weighted by Gasteiger charge is 2.33. The maximum atomic E-state index is 13.8. The number of aromatic amines is 1. The number of nitrogens with one attached hydrogen (secondary N) is 1. The fourth-order valence-electron chi connectivity index (χ4n) is 4.14. The predicted octanol–water partition coefficient (Wildman–Crippen LogP) is 5.34. The second-order valence-corrected chi connectivity index (χ2v) is 9.38. The van der Waals surface area contributed by atoms with Crippen LogP contribution in [0.25, 0.3) is 11.0 Å². The number of aromatic nitrogens is 2. The summed E-state index contributed by atoms with van der Waals surface area (Å²) in [6.45, 7) is 6.77. The Hall–Kier alpha value is -3.09. The van der Waals surface area contributed by atoms with Gasteiger partial charge in [-0.15, -0.1) is 0 Å². The van der Waals surface area contributed by atoms with Crippen LogP contribution in [-0.2, 0) is 11.2 Å². The SMILES string of the molecule is CC(C)(C)OC(=O)N1CCCC(C(Cc2cccc(F)c2)Oc2nc3ccccc3[nH]2)C1. The van der Waals surface area contributed by atoms with Gasteiger partial charge >= 0.3 is 6.09 Å². The number of piperidine rings is 1. The third-order valence-corrected chi connectivity index (χ3v) is 5.59. The third-order valence-electron chi connectivity index (χ3n) is 5.59. The standard InChI is InChI=1S/C25H30FN3O3/c1-25(2,3)32-24(30)29-13-7-9-18(16-29)22(15-17-8-6-10-19(26)14-17)31-23-27-20-11-4-5-12-21(20)28-23/h4-6,8,10-12,14,18,22H,7,9,13,15-16H2,1-3H3,(H,27,28). The second-order valence-electron chi connectivity index (χ2n) is 9.38. The summed E-state index contributed by atoms with van der Waals surface area (Å²) in [6.07, 6.45) is 1.69. The summed E-state index contributed by atoms with van der Waals surface area (Å²) in [6, 6.07) is 14.7. The molecule has 0 aliphatic carbocycles. The molecule has 7 heteroatoms. The number of ether oxygens (including phenoxy) is 2. The smallest absolute Gasteiger partial charge is 0.410 e. The molecule has 0 spiro atoms. The summed E-state index contributed by atoms with van der Waals surface area (Å²) in [5.41, 5.74) is 2.02. The number of hydrogen-bond donors (Lipinski definition) is 1. The van der Waals surface area contributed by atoms with E-state index in [9.17, 15) is 9.18 Å². The van der Waals surface area contributed by atoms with Crippen molar-refractivity contribution in [1.82, 2.24) is 14.9 Å². The van der Waals surface area contributed by atoms with Crippen molar-refractivity contribution in [1.29, 1.82) is 0 Å². The van der Waals surface area contributed by atoms with E-state index in [0.29, 0.717) is 25.5 Å². The Morgan fingerprint density at radius 1 is 1.25 bits per heavy atom. The molecule has 0 bridgehead atoms.